The quantitative estimate of drug-likeness (QED) is 0.790. The summed E-state index contributed by atoms with van der Waals surface area (Å²) in [6.07, 6.45) is 2.86. The third-order valence-electron chi connectivity index (χ3n) is 2.84. The van der Waals surface area contributed by atoms with Crippen LogP contribution in [0.5, 0.6) is 11.5 Å². The van der Waals surface area contributed by atoms with Crippen molar-refractivity contribution in [1.29, 1.82) is 0 Å². The molecule has 2 rings (SSSR count). The molecule has 0 fully saturated rings. The van der Waals surface area contributed by atoms with E-state index < -0.39 is 9.84 Å². The van der Waals surface area contributed by atoms with Gasteiger partial charge in [-0.25, -0.2) is 13.4 Å². The highest BCUT2D eigenvalue weighted by molar-refractivity contribution is 7.90. The molecule has 0 saturated carbocycles. The van der Waals surface area contributed by atoms with Gasteiger partial charge in [-0.3, -0.25) is 4.79 Å². The summed E-state index contributed by atoms with van der Waals surface area (Å²) >= 11 is 0. The molecule has 8 heteroatoms. The van der Waals surface area contributed by atoms with Crippen LogP contribution in [0.1, 0.15) is 6.42 Å². The standard InChI is InChI=1S/C13H16N2O5S/c1-19-11-7-10-9(13(16)15-8-14-10)6-12(11)20-4-3-5-21(2,17)18/h6-8H,3-5H2,1-2H3,(H,14,15,16). The molecule has 0 aliphatic carbocycles. The first kappa shape index (κ1) is 15.3. The van der Waals surface area contributed by atoms with Gasteiger partial charge in [-0.2, -0.15) is 0 Å². The van der Waals surface area contributed by atoms with E-state index in [4.69, 9.17) is 9.47 Å². The molecular formula is C13H16N2O5S. The van der Waals surface area contributed by atoms with E-state index in [-0.39, 0.29) is 17.9 Å². The van der Waals surface area contributed by atoms with Gasteiger partial charge in [0.15, 0.2) is 11.5 Å². The lowest BCUT2D eigenvalue weighted by Crippen LogP contribution is -2.10. The lowest BCUT2D eigenvalue weighted by Gasteiger charge is -2.11. The Kier molecular flexibility index (Phi) is 4.46. The van der Waals surface area contributed by atoms with Crippen molar-refractivity contribution in [2.45, 2.75) is 6.42 Å². The number of aromatic amines is 1. The summed E-state index contributed by atoms with van der Waals surface area (Å²) in [5.74, 6) is 0.877. The summed E-state index contributed by atoms with van der Waals surface area (Å²) in [4.78, 5) is 18.3. The van der Waals surface area contributed by atoms with Crippen molar-refractivity contribution < 1.29 is 17.9 Å². The molecule has 0 atom stereocenters. The molecule has 0 bridgehead atoms. The predicted octanol–water partition coefficient (Wildman–Crippen LogP) is 0.745. The molecule has 21 heavy (non-hydrogen) atoms. The van der Waals surface area contributed by atoms with Crippen LogP contribution in [0.15, 0.2) is 23.3 Å². The van der Waals surface area contributed by atoms with Crippen molar-refractivity contribution in [1.82, 2.24) is 9.97 Å². The van der Waals surface area contributed by atoms with Crippen molar-refractivity contribution in [2.75, 3.05) is 25.7 Å². The van der Waals surface area contributed by atoms with Crippen LogP contribution in [0.25, 0.3) is 10.9 Å². The zero-order valence-corrected chi connectivity index (χ0v) is 12.6. The van der Waals surface area contributed by atoms with Crippen LogP contribution < -0.4 is 15.0 Å². The average molecular weight is 312 g/mol. The minimum atomic E-state index is -3.01. The zero-order chi connectivity index (χ0) is 15.5. The molecule has 0 aliphatic rings. The summed E-state index contributed by atoms with van der Waals surface area (Å²) in [5, 5.41) is 0.386. The Balaban J connectivity index is 2.22. The molecule has 114 valence electrons. The number of hydrogen-bond acceptors (Lipinski definition) is 6. The van der Waals surface area contributed by atoms with Crippen LogP contribution in [0.3, 0.4) is 0 Å². The molecule has 7 nitrogen and oxygen atoms in total. The largest absolute Gasteiger partial charge is 0.493 e. The summed E-state index contributed by atoms with van der Waals surface area (Å²) in [5.41, 5.74) is 0.225. The third-order valence-corrected chi connectivity index (χ3v) is 3.87. The smallest absolute Gasteiger partial charge is 0.258 e. The number of benzene rings is 1. The minimum Gasteiger partial charge on any atom is -0.493 e. The Bertz CT molecular complexity index is 798. The summed E-state index contributed by atoms with van der Waals surface area (Å²) in [6, 6.07) is 3.15. The van der Waals surface area contributed by atoms with E-state index in [9.17, 15) is 13.2 Å². The number of aromatic nitrogens is 2. The lowest BCUT2D eigenvalue weighted by atomic mass is 10.2. The van der Waals surface area contributed by atoms with Gasteiger partial charge in [-0.1, -0.05) is 0 Å². The molecule has 1 N–H and O–H groups in total. The maximum absolute atomic E-state index is 11.7. The van der Waals surface area contributed by atoms with Crippen molar-refractivity contribution in [3.05, 3.63) is 28.8 Å². The Morgan fingerprint density at radius 2 is 2.05 bits per heavy atom. The number of nitrogens with zero attached hydrogens (tertiary/aromatic N) is 1. The fourth-order valence-electron chi connectivity index (χ4n) is 1.85. The van der Waals surface area contributed by atoms with Gasteiger partial charge in [-0.05, 0) is 12.5 Å². The second kappa shape index (κ2) is 6.13. The molecule has 2 aromatic rings. The fourth-order valence-corrected chi connectivity index (χ4v) is 2.49. The molecule has 0 radical (unpaired) electrons. The zero-order valence-electron chi connectivity index (χ0n) is 11.8. The van der Waals surface area contributed by atoms with E-state index in [0.717, 1.165) is 0 Å². The van der Waals surface area contributed by atoms with Gasteiger partial charge in [0.1, 0.15) is 9.84 Å². The van der Waals surface area contributed by atoms with E-state index in [0.29, 0.717) is 28.8 Å². The van der Waals surface area contributed by atoms with Gasteiger partial charge in [0, 0.05) is 12.3 Å². The number of hydrogen-bond donors (Lipinski definition) is 1. The number of sulfone groups is 1. The van der Waals surface area contributed by atoms with Gasteiger partial charge in [0.05, 0.1) is 36.7 Å². The highest BCUT2D eigenvalue weighted by Gasteiger charge is 2.10. The molecular weight excluding hydrogens is 296 g/mol. The normalized spacial score (nSPS) is 11.5. The molecule has 1 heterocycles. The van der Waals surface area contributed by atoms with Crippen LogP contribution in [-0.2, 0) is 9.84 Å². The minimum absolute atomic E-state index is 0.0467. The molecule has 0 unspecified atom stereocenters. The number of fused-ring (bicyclic) bond motifs is 1. The average Bonchev–Trinajstić information content (AvgIpc) is 2.42. The number of H-pyrrole nitrogens is 1. The van der Waals surface area contributed by atoms with Crippen molar-refractivity contribution in [3.8, 4) is 11.5 Å². The Morgan fingerprint density at radius 3 is 2.71 bits per heavy atom. The van der Waals surface area contributed by atoms with Crippen LogP contribution in [-0.4, -0.2) is 44.1 Å². The Hall–Kier alpha value is -2.09. The number of methoxy groups -OCH3 is 1. The monoisotopic (exact) mass is 312 g/mol. The van der Waals surface area contributed by atoms with Gasteiger partial charge < -0.3 is 14.5 Å². The molecule has 0 amide bonds. The molecule has 1 aromatic heterocycles. The predicted molar refractivity (Wildman–Crippen MR) is 78.7 cm³/mol. The highest BCUT2D eigenvalue weighted by Crippen LogP contribution is 2.30. The van der Waals surface area contributed by atoms with E-state index in [2.05, 4.69) is 9.97 Å². The van der Waals surface area contributed by atoms with E-state index in [1.807, 2.05) is 0 Å². The SMILES string of the molecule is COc1cc2nc[nH]c(=O)c2cc1OCCCS(C)(=O)=O. The first-order valence-electron chi connectivity index (χ1n) is 6.26. The maximum atomic E-state index is 11.7. The van der Waals surface area contributed by atoms with E-state index in [1.165, 1.54) is 19.7 Å². The topological polar surface area (TPSA) is 98.3 Å². The van der Waals surface area contributed by atoms with Crippen LogP contribution in [0.4, 0.5) is 0 Å². The van der Waals surface area contributed by atoms with Crippen molar-refractivity contribution in [2.24, 2.45) is 0 Å². The van der Waals surface area contributed by atoms with E-state index >= 15 is 0 Å². The first-order chi connectivity index (χ1) is 9.90. The fraction of sp³-hybridized carbons (Fsp3) is 0.385. The third kappa shape index (κ3) is 3.94. The summed E-state index contributed by atoms with van der Waals surface area (Å²) in [7, 11) is -1.53. The van der Waals surface area contributed by atoms with Gasteiger partial charge in [0.25, 0.3) is 5.56 Å². The van der Waals surface area contributed by atoms with Crippen LogP contribution in [0.2, 0.25) is 0 Å². The van der Waals surface area contributed by atoms with Crippen molar-refractivity contribution >= 4 is 20.7 Å². The first-order valence-corrected chi connectivity index (χ1v) is 8.33. The van der Waals surface area contributed by atoms with Gasteiger partial charge in [-0.15, -0.1) is 0 Å². The van der Waals surface area contributed by atoms with Crippen LogP contribution in [0, 0.1) is 0 Å². The van der Waals surface area contributed by atoms with Gasteiger partial charge >= 0.3 is 0 Å². The number of nitrogens with one attached hydrogen (secondary N) is 1. The Morgan fingerprint density at radius 1 is 1.29 bits per heavy atom. The molecule has 1 aromatic carbocycles. The van der Waals surface area contributed by atoms with Crippen LogP contribution >= 0.6 is 0 Å². The second-order valence-electron chi connectivity index (χ2n) is 4.58. The Labute approximate surface area is 121 Å². The molecule has 0 aliphatic heterocycles. The number of ether oxygens (including phenoxy) is 2. The molecule has 0 saturated heterocycles. The van der Waals surface area contributed by atoms with Gasteiger partial charge in [0.2, 0.25) is 0 Å². The summed E-state index contributed by atoms with van der Waals surface area (Å²) < 4.78 is 32.8. The van der Waals surface area contributed by atoms with E-state index in [1.54, 1.807) is 12.1 Å². The van der Waals surface area contributed by atoms with Crippen molar-refractivity contribution in [3.63, 3.8) is 0 Å². The second-order valence-corrected chi connectivity index (χ2v) is 6.84. The summed E-state index contributed by atoms with van der Waals surface area (Å²) in [6.45, 7) is 0.215. The highest BCUT2D eigenvalue weighted by atomic mass is 32.2. The lowest BCUT2D eigenvalue weighted by molar-refractivity contribution is 0.295. The molecule has 0 spiro atoms. The maximum Gasteiger partial charge on any atom is 0.258 e. The number of rotatable bonds is 6.